The normalized spacial score (nSPS) is 13.8. The van der Waals surface area contributed by atoms with Gasteiger partial charge in [0.1, 0.15) is 5.75 Å². The Kier molecular flexibility index (Phi) is 3.62. The van der Waals surface area contributed by atoms with Gasteiger partial charge in [-0.1, -0.05) is 13.0 Å². The van der Waals surface area contributed by atoms with E-state index in [-0.39, 0.29) is 11.7 Å². The van der Waals surface area contributed by atoms with Gasteiger partial charge in [-0.25, -0.2) is 0 Å². The topological polar surface area (TPSA) is 90.0 Å². The number of nitrogens with one attached hydrogen (secondary N) is 3. The van der Waals surface area contributed by atoms with Crippen molar-refractivity contribution < 1.29 is 9.90 Å². The number of anilines is 1. The Morgan fingerprint density at radius 1 is 1.48 bits per heavy atom. The Labute approximate surface area is 122 Å². The minimum atomic E-state index is -0.306. The number of fused-ring (bicyclic) bond motifs is 1. The molecule has 0 unspecified atom stereocenters. The van der Waals surface area contributed by atoms with Gasteiger partial charge in [-0.05, 0) is 24.1 Å². The number of amides is 1. The van der Waals surface area contributed by atoms with Gasteiger partial charge in [0.2, 0.25) is 0 Å². The molecule has 6 nitrogen and oxygen atoms in total. The van der Waals surface area contributed by atoms with Crippen LogP contribution in [0.3, 0.4) is 0 Å². The molecule has 0 saturated heterocycles. The lowest BCUT2D eigenvalue weighted by Crippen LogP contribution is -2.25. The van der Waals surface area contributed by atoms with Crippen LogP contribution >= 0.6 is 0 Å². The molecule has 0 saturated carbocycles. The second-order valence-electron chi connectivity index (χ2n) is 5.12. The van der Waals surface area contributed by atoms with Crippen molar-refractivity contribution in [2.75, 3.05) is 11.9 Å². The third-order valence-corrected chi connectivity index (χ3v) is 3.74. The van der Waals surface area contributed by atoms with E-state index in [4.69, 9.17) is 0 Å². The van der Waals surface area contributed by atoms with Crippen molar-refractivity contribution in [2.45, 2.75) is 26.3 Å². The highest BCUT2D eigenvalue weighted by Gasteiger charge is 2.22. The highest BCUT2D eigenvalue weighted by atomic mass is 16.3. The Bertz CT molecular complexity index is 678. The van der Waals surface area contributed by atoms with Gasteiger partial charge in [-0.15, -0.1) is 0 Å². The van der Waals surface area contributed by atoms with Crippen molar-refractivity contribution in [3.8, 4) is 5.75 Å². The van der Waals surface area contributed by atoms with Crippen molar-refractivity contribution in [3.63, 3.8) is 0 Å². The molecule has 0 spiro atoms. The molecule has 6 heteroatoms. The fourth-order valence-corrected chi connectivity index (χ4v) is 2.50. The number of benzene rings is 1. The summed E-state index contributed by atoms with van der Waals surface area (Å²) < 4.78 is 0. The smallest absolute Gasteiger partial charge is 0.276 e. The van der Waals surface area contributed by atoms with Gasteiger partial charge >= 0.3 is 0 Å². The standard InChI is InChI=1S/C15H18N4O2/c1-2-9-3-4-13(20)12(7-9)17-15(21)14-10-8-16-6-5-11(10)18-19-14/h3-4,7,16,20H,2,5-6,8H2,1H3,(H,17,21)(H,18,19). The van der Waals surface area contributed by atoms with Crippen LogP contribution in [0.25, 0.3) is 0 Å². The molecule has 1 aliphatic heterocycles. The van der Waals surface area contributed by atoms with Crippen molar-refractivity contribution in [1.29, 1.82) is 0 Å². The van der Waals surface area contributed by atoms with E-state index in [1.54, 1.807) is 12.1 Å². The van der Waals surface area contributed by atoms with Crippen LogP contribution in [0, 0.1) is 0 Å². The lowest BCUT2D eigenvalue weighted by Gasteiger charge is -2.13. The summed E-state index contributed by atoms with van der Waals surface area (Å²) in [6.07, 6.45) is 1.68. The average Bonchev–Trinajstić information content (AvgIpc) is 2.93. The van der Waals surface area contributed by atoms with Crippen LogP contribution in [0.15, 0.2) is 18.2 Å². The van der Waals surface area contributed by atoms with E-state index in [9.17, 15) is 9.90 Å². The van der Waals surface area contributed by atoms with Crippen molar-refractivity contribution in [1.82, 2.24) is 15.5 Å². The number of carbonyl (C=O) groups excluding carboxylic acids is 1. The van der Waals surface area contributed by atoms with E-state index in [1.165, 1.54) is 0 Å². The zero-order valence-electron chi connectivity index (χ0n) is 11.9. The van der Waals surface area contributed by atoms with Crippen LogP contribution in [0.4, 0.5) is 5.69 Å². The fourth-order valence-electron chi connectivity index (χ4n) is 2.50. The number of aryl methyl sites for hydroxylation is 1. The summed E-state index contributed by atoms with van der Waals surface area (Å²) in [7, 11) is 0. The van der Waals surface area contributed by atoms with Crippen molar-refractivity contribution >= 4 is 11.6 Å². The van der Waals surface area contributed by atoms with Gasteiger partial charge in [-0.2, -0.15) is 5.10 Å². The Hall–Kier alpha value is -2.34. The number of hydrogen-bond donors (Lipinski definition) is 4. The summed E-state index contributed by atoms with van der Waals surface area (Å²) in [4.78, 5) is 12.4. The highest BCUT2D eigenvalue weighted by Crippen LogP contribution is 2.25. The van der Waals surface area contributed by atoms with Crippen LogP contribution in [0.1, 0.15) is 34.2 Å². The molecule has 2 heterocycles. The van der Waals surface area contributed by atoms with Crippen molar-refractivity contribution in [2.24, 2.45) is 0 Å². The molecule has 2 aromatic rings. The number of carbonyl (C=O) groups is 1. The molecule has 0 radical (unpaired) electrons. The molecular formula is C15H18N4O2. The quantitative estimate of drug-likeness (QED) is 0.645. The first kappa shape index (κ1) is 13.6. The number of phenols is 1. The van der Waals surface area contributed by atoms with Gasteiger partial charge in [0, 0.05) is 30.8 Å². The molecule has 110 valence electrons. The summed E-state index contributed by atoms with van der Waals surface area (Å²) in [5.74, 6) is -0.247. The van der Waals surface area contributed by atoms with E-state index < -0.39 is 0 Å². The van der Waals surface area contributed by atoms with Crippen LogP contribution in [0.2, 0.25) is 0 Å². The first-order valence-corrected chi connectivity index (χ1v) is 7.09. The maximum Gasteiger partial charge on any atom is 0.276 e. The van der Waals surface area contributed by atoms with Crippen molar-refractivity contribution in [3.05, 3.63) is 40.7 Å². The maximum atomic E-state index is 12.4. The molecule has 21 heavy (non-hydrogen) atoms. The second-order valence-corrected chi connectivity index (χ2v) is 5.12. The SMILES string of the molecule is CCc1ccc(O)c(NC(=O)c2n[nH]c3c2CNCC3)c1. The number of aromatic nitrogens is 2. The summed E-state index contributed by atoms with van der Waals surface area (Å²) in [5, 5.41) is 22.8. The lowest BCUT2D eigenvalue weighted by molar-refractivity contribution is 0.102. The molecule has 0 aliphatic carbocycles. The van der Waals surface area contributed by atoms with Crippen LogP contribution in [0.5, 0.6) is 5.75 Å². The van der Waals surface area contributed by atoms with E-state index in [0.29, 0.717) is 17.9 Å². The van der Waals surface area contributed by atoms with Gasteiger partial charge < -0.3 is 15.7 Å². The first-order chi connectivity index (χ1) is 10.2. The third kappa shape index (κ3) is 2.62. The minimum absolute atomic E-state index is 0.0584. The Morgan fingerprint density at radius 3 is 3.14 bits per heavy atom. The van der Waals surface area contributed by atoms with Gasteiger partial charge in [0.25, 0.3) is 5.91 Å². The number of phenolic OH excluding ortho intramolecular Hbond substituents is 1. The fraction of sp³-hybridized carbons (Fsp3) is 0.333. The summed E-state index contributed by atoms with van der Waals surface area (Å²) in [5.41, 5.74) is 3.77. The lowest BCUT2D eigenvalue weighted by atomic mass is 10.1. The third-order valence-electron chi connectivity index (χ3n) is 3.74. The predicted molar refractivity (Wildman–Crippen MR) is 79.4 cm³/mol. The largest absolute Gasteiger partial charge is 0.506 e. The van der Waals surface area contributed by atoms with E-state index >= 15 is 0 Å². The minimum Gasteiger partial charge on any atom is -0.506 e. The average molecular weight is 286 g/mol. The molecule has 1 aromatic carbocycles. The zero-order valence-corrected chi connectivity index (χ0v) is 11.9. The van der Waals surface area contributed by atoms with Crippen LogP contribution in [-0.4, -0.2) is 27.8 Å². The monoisotopic (exact) mass is 286 g/mol. The molecule has 1 amide bonds. The number of nitrogens with zero attached hydrogens (tertiary/aromatic N) is 1. The maximum absolute atomic E-state index is 12.4. The molecule has 1 aromatic heterocycles. The zero-order chi connectivity index (χ0) is 14.8. The van der Waals surface area contributed by atoms with Crippen LogP contribution in [-0.2, 0) is 19.4 Å². The number of hydrogen-bond acceptors (Lipinski definition) is 4. The number of aromatic hydroxyl groups is 1. The summed E-state index contributed by atoms with van der Waals surface area (Å²) in [6.45, 7) is 3.54. The Balaban J connectivity index is 1.85. The summed E-state index contributed by atoms with van der Waals surface area (Å²) >= 11 is 0. The molecule has 1 aliphatic rings. The van der Waals surface area contributed by atoms with Gasteiger partial charge in [0.05, 0.1) is 5.69 Å². The van der Waals surface area contributed by atoms with Crippen LogP contribution < -0.4 is 10.6 Å². The first-order valence-electron chi connectivity index (χ1n) is 7.09. The molecule has 0 fully saturated rings. The highest BCUT2D eigenvalue weighted by molar-refractivity contribution is 6.04. The molecule has 3 rings (SSSR count). The van der Waals surface area contributed by atoms with E-state index in [2.05, 4.69) is 20.8 Å². The molecular weight excluding hydrogens is 268 g/mol. The molecule has 0 atom stereocenters. The number of aromatic amines is 1. The van der Waals surface area contributed by atoms with E-state index in [0.717, 1.165) is 36.2 Å². The Morgan fingerprint density at radius 2 is 2.33 bits per heavy atom. The predicted octanol–water partition coefficient (Wildman–Crippen LogP) is 1.58. The molecule has 4 N–H and O–H groups in total. The summed E-state index contributed by atoms with van der Waals surface area (Å²) in [6, 6.07) is 5.21. The number of rotatable bonds is 3. The number of H-pyrrole nitrogens is 1. The van der Waals surface area contributed by atoms with E-state index in [1.807, 2.05) is 13.0 Å². The van der Waals surface area contributed by atoms with Gasteiger partial charge in [-0.3, -0.25) is 9.89 Å². The second kappa shape index (κ2) is 5.57. The molecule has 0 bridgehead atoms. The van der Waals surface area contributed by atoms with Gasteiger partial charge in [0.15, 0.2) is 5.69 Å².